The average molecular weight is 2040 g/mol. The number of rotatable bonds is 9. The number of benzene rings is 19. The molecule has 5 aliphatic heterocycles. The standard InChI is InChI=1S/C44H23N3O3S2.C39H23N3OS4.C38H19N3O2S3/c1-2-10-24(11-3-1)27-21-33-39(23-29(27)44-46-31-14-6-8-16-35(31)50-44)52-42-40-37(22-28-26-12-4-9-17-38(26)51-41(28)42)48-36-20-25(18-19-32(36)47(33)40)43-45-30-13-5-7-15-34(30)49-43;1-44-35-19-15-23(39-41-27-10-4-7-13-34(27)47-39)21-30(35)42-28-17-16-25-24-8-2-5-11-32(24)45-37(25)36(28)43-31-18-14-22(20-29(31)42)38-40-26-9-3-6-12-33(26)46-38;1-4-16-28-20(9-1)23-19-29-32-36(34(23)42-28)46-35-22(38-40-25-13-3-6-18-31(25)45-38)11-8-15-27(35)41(32)26-14-7-10-21(33(26)43-29)37-39-24-12-2-5-17-30(24)44-37/h1-23H;2-21H,1H3;1-19H/i;;2D,3D,5D,6D,12D,13D,17D,18D. The largest absolute Gasteiger partial charge is 0.455 e. The molecule has 0 spiro atoms. The number of thioether (sulfide) groups is 1. The van der Waals surface area contributed by atoms with E-state index in [9.17, 15) is 0 Å². The number of thiophene rings is 2. The van der Waals surface area contributed by atoms with Crippen molar-refractivity contribution in [2.24, 2.45) is 0 Å². The lowest BCUT2D eigenvalue weighted by Crippen LogP contribution is -2.20. The highest BCUT2D eigenvalue weighted by Gasteiger charge is 2.42. The van der Waals surface area contributed by atoms with E-state index in [0.717, 1.165) is 186 Å². The monoisotopic (exact) mass is 2040 g/mol. The predicted molar refractivity (Wildman–Crippen MR) is 603 cm³/mol. The van der Waals surface area contributed by atoms with Crippen LogP contribution in [0.1, 0.15) is 11.0 Å². The first kappa shape index (κ1) is 75.6. The number of oxazole rings is 2. The molecule has 19 aromatic carbocycles. The Bertz CT molecular complexity index is 10700. The molecule has 0 amide bonds. The number of hydrogen-bond donors (Lipinski definition) is 0. The maximum atomic E-state index is 8.57. The first-order valence-electron chi connectivity index (χ1n) is 50.4. The van der Waals surface area contributed by atoms with Crippen molar-refractivity contribution in [1.29, 1.82) is 0 Å². The van der Waals surface area contributed by atoms with E-state index in [1.807, 2.05) is 151 Å². The highest BCUT2D eigenvalue weighted by Crippen LogP contribution is 2.68. The third-order valence-electron chi connectivity index (χ3n) is 26.8. The van der Waals surface area contributed by atoms with Crippen LogP contribution >= 0.6 is 103 Å². The molecule has 28 aromatic rings. The van der Waals surface area contributed by atoms with Crippen LogP contribution in [-0.2, 0) is 0 Å². The Morgan fingerprint density at radius 1 is 0.276 bits per heavy atom. The molecule has 5 aliphatic rings. The van der Waals surface area contributed by atoms with E-state index in [2.05, 4.69) is 209 Å². The first-order valence-corrected chi connectivity index (χ1v) is 54.2. The van der Waals surface area contributed by atoms with Gasteiger partial charge in [-0.25, -0.2) is 29.9 Å². The van der Waals surface area contributed by atoms with Gasteiger partial charge in [-0.2, -0.15) is 0 Å². The maximum absolute atomic E-state index is 8.57. The summed E-state index contributed by atoms with van der Waals surface area (Å²) in [5.74, 6) is 5.51. The number of aromatic nitrogens is 6. The Labute approximate surface area is 873 Å². The molecule has 0 bridgehead atoms. The molecule has 0 saturated carbocycles. The number of hydrogen-bond acceptors (Lipinski definition) is 24. The molecule has 0 unspecified atom stereocenters. The molecule has 145 heavy (non-hydrogen) atoms. The molecule has 0 saturated heterocycles. The lowest BCUT2D eigenvalue weighted by Gasteiger charge is -2.39. The summed E-state index contributed by atoms with van der Waals surface area (Å²) in [4.78, 5) is 41.3. The summed E-state index contributed by atoms with van der Waals surface area (Å²) in [5.41, 5.74) is 23.0. The maximum Gasteiger partial charge on any atom is 0.227 e. The zero-order chi connectivity index (χ0) is 102. The summed E-state index contributed by atoms with van der Waals surface area (Å²) < 4.78 is 115. The zero-order valence-electron chi connectivity index (χ0n) is 83.3. The Hall–Kier alpha value is -16.2. The van der Waals surface area contributed by atoms with E-state index >= 15 is 0 Å². The lowest BCUT2D eigenvalue weighted by molar-refractivity contribution is 0.476. The fourth-order valence-electron chi connectivity index (χ4n) is 20.2. The molecule has 0 aliphatic carbocycles. The van der Waals surface area contributed by atoms with Gasteiger partial charge in [-0.05, 0) is 205 Å². The van der Waals surface area contributed by atoms with Crippen molar-refractivity contribution in [2.75, 3.05) is 21.0 Å². The third-order valence-corrected chi connectivity index (χ3v) is 36.6. The summed E-state index contributed by atoms with van der Waals surface area (Å²) in [5, 5.41) is 9.71. The lowest BCUT2D eigenvalue weighted by atomic mass is 9.97. The van der Waals surface area contributed by atoms with Crippen LogP contribution in [0, 0.1) is 0 Å². The van der Waals surface area contributed by atoms with Gasteiger partial charge in [0.1, 0.15) is 48.0 Å². The van der Waals surface area contributed by atoms with E-state index in [4.69, 9.17) is 68.3 Å². The van der Waals surface area contributed by atoms with Gasteiger partial charge < -0.3 is 42.2 Å². The van der Waals surface area contributed by atoms with Gasteiger partial charge in [-0.1, -0.05) is 211 Å². The van der Waals surface area contributed by atoms with Gasteiger partial charge in [-0.15, -0.1) is 79.8 Å². The summed E-state index contributed by atoms with van der Waals surface area (Å²) in [6.45, 7) is 0. The number of furan rings is 1. The van der Waals surface area contributed by atoms with Gasteiger partial charge >= 0.3 is 0 Å². The van der Waals surface area contributed by atoms with Gasteiger partial charge in [0.25, 0.3) is 0 Å². The van der Waals surface area contributed by atoms with Crippen LogP contribution in [-0.4, -0.2) is 36.2 Å². The Morgan fingerprint density at radius 3 is 1.55 bits per heavy atom. The smallest absolute Gasteiger partial charge is 0.227 e. The third kappa shape index (κ3) is 13.4. The molecular formula is C121H65N9O6S9. The molecule has 684 valence electrons. The molecule has 0 N–H and O–H groups in total. The van der Waals surface area contributed by atoms with Crippen molar-refractivity contribution in [3.63, 3.8) is 0 Å². The SMILES string of the molecule is CSc1ccc(-c2nc3ccccc3s2)cc1N1c2cc(-c3nc4ccccc4s3)ccc2Oc2c1ccc1c2sc2ccccc21.[2H]c1c([2H])c([2H])c2sc(-c3cccc4c3Oc3cc5c(oc6ccccc65)c5c3N4c3cccc(-c4nc6c([2H])c([2H])c([2H])c([2H])c6s4)c3S5)nc2c1[2H].c1ccc(-c2cc3c(cc2-c2nc4ccccc4o2)Sc2c4c(cc5c2sc2ccccc25)Oc2cc(-c5nc6ccccc6o5)ccc2N34)cc1. The number of thiazole rings is 4. The van der Waals surface area contributed by atoms with Gasteiger partial charge in [-0.3, -0.25) is 0 Å². The molecule has 0 fully saturated rings. The van der Waals surface area contributed by atoms with Gasteiger partial charge in [0.2, 0.25) is 11.8 Å². The topological polar surface area (TPSA) is 154 Å². The summed E-state index contributed by atoms with van der Waals surface area (Å²) in [6.07, 6.45) is 2.14. The van der Waals surface area contributed by atoms with Crippen LogP contribution in [0.2, 0.25) is 0 Å². The van der Waals surface area contributed by atoms with Crippen molar-refractivity contribution in [3.05, 3.63) is 376 Å². The number of fused-ring (bicyclic) bond motifs is 28. The van der Waals surface area contributed by atoms with E-state index in [0.29, 0.717) is 59.5 Å². The molecule has 24 heteroatoms. The highest BCUT2D eigenvalue weighted by atomic mass is 32.2. The van der Waals surface area contributed by atoms with Crippen molar-refractivity contribution in [3.8, 4) is 111 Å². The normalized spacial score (nSPS) is 13.7. The van der Waals surface area contributed by atoms with Gasteiger partial charge in [0.15, 0.2) is 51.2 Å². The average Bonchev–Trinajstić information content (AvgIpc) is 1.65. The Kier molecular flexibility index (Phi) is 17.2. The fourth-order valence-corrected chi connectivity index (χ4v) is 29.6. The van der Waals surface area contributed by atoms with Crippen LogP contribution in [0.5, 0.6) is 34.5 Å². The summed E-state index contributed by atoms with van der Waals surface area (Å²) in [7, 11) is 0. The van der Waals surface area contributed by atoms with E-state index < -0.39 is 0 Å². The zero-order valence-corrected chi connectivity index (χ0v) is 82.7. The van der Waals surface area contributed by atoms with E-state index in [1.54, 1.807) is 57.5 Å². The van der Waals surface area contributed by atoms with Crippen LogP contribution in [0.15, 0.2) is 414 Å². The second kappa shape index (κ2) is 32.9. The molecule has 14 heterocycles. The quantitative estimate of drug-likeness (QED) is 0.126. The molecule has 0 radical (unpaired) electrons. The molecule has 9 aromatic heterocycles. The Balaban J connectivity index is 0.000000103. The summed E-state index contributed by atoms with van der Waals surface area (Å²) in [6, 6.07) is 110. The van der Waals surface area contributed by atoms with Gasteiger partial charge in [0.05, 0.1) is 116 Å². The molecule has 0 atom stereocenters. The Morgan fingerprint density at radius 2 is 0.828 bits per heavy atom. The van der Waals surface area contributed by atoms with E-state index in [1.165, 1.54) is 89.3 Å². The first-order chi connectivity index (χ1) is 75.0. The van der Waals surface area contributed by atoms with Crippen molar-refractivity contribution in [2.45, 2.75) is 24.5 Å². The fraction of sp³-hybridized carbons (Fsp3) is 0.00826. The van der Waals surface area contributed by atoms with E-state index in [-0.39, 0.29) is 59.4 Å². The number of anilines is 9. The van der Waals surface area contributed by atoms with Crippen molar-refractivity contribution < 1.29 is 38.4 Å². The number of para-hydroxylation sites is 10. The summed E-state index contributed by atoms with van der Waals surface area (Å²) >= 11 is 14.5. The highest BCUT2D eigenvalue weighted by molar-refractivity contribution is 8.00. The van der Waals surface area contributed by atoms with Gasteiger partial charge in [0, 0.05) is 84.2 Å². The molecule has 33 rings (SSSR count). The minimum absolute atomic E-state index is 0.122. The van der Waals surface area contributed by atoms with Crippen LogP contribution in [0.4, 0.5) is 51.2 Å². The second-order valence-electron chi connectivity index (χ2n) is 35.1. The van der Waals surface area contributed by atoms with Crippen molar-refractivity contribution in [1.82, 2.24) is 29.9 Å². The number of ether oxygens (including phenoxy) is 3. The minimum atomic E-state index is -0.335. The number of nitrogens with zero attached hydrogens (tertiary/aromatic N) is 9. The molecular weight excluding hydrogens is 1960 g/mol. The molecule has 15 nitrogen and oxygen atoms in total. The predicted octanol–water partition coefficient (Wildman–Crippen LogP) is 38.5. The minimum Gasteiger partial charge on any atom is -0.455 e. The van der Waals surface area contributed by atoms with Crippen LogP contribution < -0.4 is 28.9 Å². The van der Waals surface area contributed by atoms with Crippen LogP contribution in [0.3, 0.4) is 0 Å². The second-order valence-corrected chi connectivity index (χ2v) is 44.2. The van der Waals surface area contributed by atoms with Crippen molar-refractivity contribution >= 4 is 280 Å². The van der Waals surface area contributed by atoms with Crippen LogP contribution in [0.25, 0.3) is 202 Å².